The van der Waals surface area contributed by atoms with Crippen molar-refractivity contribution in [3.63, 3.8) is 0 Å². The number of rotatable bonds is 12. The molecule has 0 amide bonds. The minimum atomic E-state index is -3.08. The van der Waals surface area contributed by atoms with Crippen molar-refractivity contribution in [3.05, 3.63) is 0 Å². The van der Waals surface area contributed by atoms with E-state index < -0.39 is 30.1 Å². The Bertz CT molecular complexity index is 1370. The van der Waals surface area contributed by atoms with Crippen molar-refractivity contribution in [1.29, 1.82) is 5.26 Å². The van der Waals surface area contributed by atoms with Gasteiger partial charge in [0.25, 0.3) is 0 Å². The summed E-state index contributed by atoms with van der Waals surface area (Å²) in [6.45, 7) is 13.3. The monoisotopic (exact) mass is 765 g/mol. The smallest absolute Gasteiger partial charge is 0.214 e. The van der Waals surface area contributed by atoms with Gasteiger partial charge < -0.3 is 5.73 Å². The summed E-state index contributed by atoms with van der Waals surface area (Å²) in [6, 6.07) is 2.48. The van der Waals surface area contributed by atoms with Gasteiger partial charge >= 0.3 is 0 Å². The highest BCUT2D eigenvalue weighted by molar-refractivity contribution is 7.89. The fourth-order valence-electron chi connectivity index (χ4n) is 8.28. The number of nitriles is 1. The predicted octanol–water partition coefficient (Wildman–Crippen LogP) is 3.01. The zero-order chi connectivity index (χ0) is 36.9. The number of piperazine rings is 2. The zero-order valence-corrected chi connectivity index (χ0v) is 33.7. The molecule has 0 unspecified atom stereocenters. The highest BCUT2D eigenvalue weighted by Gasteiger charge is 2.43. The molecule has 2 aliphatic carbocycles. The van der Waals surface area contributed by atoms with Crippen LogP contribution in [0.25, 0.3) is 0 Å². The molecule has 0 bridgehead atoms. The number of nitrogens with zero attached hydrogens (tertiary/aromatic N) is 6. The summed E-state index contributed by atoms with van der Waals surface area (Å²) in [4.78, 5) is 4.65. The van der Waals surface area contributed by atoms with Gasteiger partial charge in [-0.25, -0.2) is 29.6 Å². The summed E-state index contributed by atoms with van der Waals surface area (Å²) in [5.74, 6) is 0.818. The molecular weight excluding hydrogens is 699 g/mol. The molecule has 5 aliphatic rings. The van der Waals surface area contributed by atoms with Gasteiger partial charge in [0.05, 0.1) is 23.3 Å². The molecule has 0 aromatic carbocycles. The molecule has 0 aromatic heterocycles. The summed E-state index contributed by atoms with van der Waals surface area (Å²) < 4.78 is 76.0. The second-order valence-corrected chi connectivity index (χ2v) is 20.9. The zero-order valence-electron chi connectivity index (χ0n) is 31.2. The number of hydrogen-bond donors (Lipinski definition) is 1. The van der Waals surface area contributed by atoms with Crippen molar-refractivity contribution in [2.24, 2.45) is 5.73 Å². The van der Waals surface area contributed by atoms with Gasteiger partial charge in [0, 0.05) is 77.5 Å². The third kappa shape index (κ3) is 11.5. The van der Waals surface area contributed by atoms with Gasteiger partial charge in [0.2, 0.25) is 30.1 Å². The molecule has 0 aromatic rings. The average molecular weight is 766 g/mol. The number of hydrogen-bond acceptors (Lipinski definition) is 10. The molecule has 3 aliphatic heterocycles. The van der Waals surface area contributed by atoms with Crippen LogP contribution in [0, 0.1) is 11.3 Å². The van der Waals surface area contributed by atoms with Crippen LogP contribution < -0.4 is 5.73 Å². The van der Waals surface area contributed by atoms with E-state index in [-0.39, 0.29) is 22.6 Å². The third-order valence-electron chi connectivity index (χ3n) is 11.2. The molecule has 2 N–H and O–H groups in total. The molecule has 292 valence electrons. The maximum atomic E-state index is 12.0. The van der Waals surface area contributed by atoms with Crippen LogP contribution in [-0.4, -0.2) is 148 Å². The van der Waals surface area contributed by atoms with Crippen LogP contribution >= 0.6 is 0 Å². The Kier molecular flexibility index (Phi) is 17.4. The molecule has 13 nitrogen and oxygen atoms in total. The van der Waals surface area contributed by atoms with Crippen LogP contribution in [0.1, 0.15) is 111 Å². The summed E-state index contributed by atoms with van der Waals surface area (Å²) in [7, 11) is -9.01. The minimum absolute atomic E-state index is 0.153. The van der Waals surface area contributed by atoms with E-state index in [4.69, 9.17) is 5.73 Å². The van der Waals surface area contributed by atoms with Crippen molar-refractivity contribution >= 4 is 30.1 Å². The van der Waals surface area contributed by atoms with Crippen molar-refractivity contribution in [1.82, 2.24) is 22.7 Å². The standard InChI is InChI=1S/C13H27N3O2S.C13H23N3O2S.C8H17NO2S/c2*1-2-11-19(17,18)16-9-7-15(8-10-16)13(12-14)5-3-4-6-13;1-2-8-12(10,11)9-6-4-3-5-7-9/h2-12,14H2,1H3;2-11H2,1H3;2-8H2,1H3. The normalized spacial score (nSPS) is 24.5. The van der Waals surface area contributed by atoms with E-state index in [1.165, 1.54) is 32.1 Å². The fraction of sp³-hybridized carbons (Fsp3) is 0.971. The van der Waals surface area contributed by atoms with E-state index >= 15 is 0 Å². The van der Waals surface area contributed by atoms with Crippen LogP contribution in [0.3, 0.4) is 0 Å². The lowest BCUT2D eigenvalue weighted by Crippen LogP contribution is -2.59. The summed E-state index contributed by atoms with van der Waals surface area (Å²) >= 11 is 0. The third-order valence-corrected chi connectivity index (χ3v) is 17.4. The Labute approximate surface area is 305 Å². The first kappa shape index (κ1) is 43.5. The van der Waals surface area contributed by atoms with Gasteiger partial charge in [-0.1, -0.05) is 52.9 Å². The predicted molar refractivity (Wildman–Crippen MR) is 201 cm³/mol. The molecule has 0 atom stereocenters. The largest absolute Gasteiger partial charge is 0.329 e. The van der Waals surface area contributed by atoms with Crippen LogP contribution in [0.2, 0.25) is 0 Å². The van der Waals surface area contributed by atoms with E-state index in [9.17, 15) is 30.5 Å². The molecule has 0 radical (unpaired) electrons. The lowest BCUT2D eigenvalue weighted by Gasteiger charge is -2.45. The molecule has 3 heterocycles. The minimum Gasteiger partial charge on any atom is -0.329 e. The SMILES string of the molecule is CCCS(=O)(=O)N1CCCCC1.CCCS(=O)(=O)N1CCN(C2(C#N)CCCC2)CC1.CCCS(=O)(=O)N1CCN(C2(CN)CCCC2)CC1. The van der Waals surface area contributed by atoms with Gasteiger partial charge in [-0.3, -0.25) is 9.80 Å². The summed E-state index contributed by atoms with van der Waals surface area (Å²) in [5, 5.41) is 9.46. The van der Waals surface area contributed by atoms with E-state index in [0.29, 0.717) is 64.4 Å². The van der Waals surface area contributed by atoms with Crippen LogP contribution in [0.5, 0.6) is 0 Å². The van der Waals surface area contributed by atoms with E-state index in [2.05, 4.69) is 15.9 Å². The highest BCUT2D eigenvalue weighted by Crippen LogP contribution is 2.36. The van der Waals surface area contributed by atoms with Gasteiger partial charge in [-0.15, -0.1) is 0 Å². The fourth-order valence-corrected chi connectivity index (χ4v) is 12.9. The lowest BCUT2D eigenvalue weighted by atomic mass is 9.94. The van der Waals surface area contributed by atoms with Crippen molar-refractivity contribution in [3.8, 4) is 6.07 Å². The van der Waals surface area contributed by atoms with E-state index in [0.717, 1.165) is 71.1 Å². The van der Waals surface area contributed by atoms with Gasteiger partial charge in [-0.05, 0) is 57.8 Å². The second-order valence-electron chi connectivity index (χ2n) is 14.7. The summed E-state index contributed by atoms with van der Waals surface area (Å²) in [6.07, 6.45) is 14.3. The van der Waals surface area contributed by atoms with Crippen LogP contribution in [-0.2, 0) is 30.1 Å². The molecule has 16 heteroatoms. The molecule has 5 rings (SSSR count). The van der Waals surface area contributed by atoms with Crippen molar-refractivity contribution in [2.75, 3.05) is 89.3 Å². The second kappa shape index (κ2) is 20.0. The average Bonchev–Trinajstić information content (AvgIpc) is 3.81. The molecule has 3 saturated heterocycles. The summed E-state index contributed by atoms with van der Waals surface area (Å²) in [5.41, 5.74) is 5.83. The molecule has 50 heavy (non-hydrogen) atoms. The molecule has 2 saturated carbocycles. The Morgan fingerprint density at radius 2 is 0.880 bits per heavy atom. The number of sulfonamides is 3. The van der Waals surface area contributed by atoms with Crippen LogP contribution in [0.4, 0.5) is 0 Å². The van der Waals surface area contributed by atoms with Gasteiger partial charge in [0.15, 0.2) is 0 Å². The highest BCUT2D eigenvalue weighted by atomic mass is 32.2. The first-order valence-corrected chi connectivity index (χ1v) is 24.1. The Morgan fingerprint density at radius 3 is 1.24 bits per heavy atom. The first-order valence-electron chi connectivity index (χ1n) is 19.3. The lowest BCUT2D eigenvalue weighted by molar-refractivity contribution is 0.0634. The maximum Gasteiger partial charge on any atom is 0.214 e. The van der Waals surface area contributed by atoms with E-state index in [1.807, 2.05) is 20.8 Å². The molecule has 0 spiro atoms. The Morgan fingerprint density at radius 1 is 0.520 bits per heavy atom. The van der Waals surface area contributed by atoms with Gasteiger partial charge in [0.1, 0.15) is 5.54 Å². The molecular formula is C34H67N7O6S3. The quantitative estimate of drug-likeness (QED) is 0.312. The maximum absolute atomic E-state index is 12.0. The van der Waals surface area contributed by atoms with Crippen LogP contribution in [0.15, 0.2) is 0 Å². The Hall–Kier alpha value is -0.900. The number of piperidine rings is 1. The Balaban J connectivity index is 0.000000209. The topological polar surface area (TPSA) is 168 Å². The van der Waals surface area contributed by atoms with E-state index in [1.54, 1.807) is 12.9 Å². The number of nitrogens with two attached hydrogens (primary N) is 1. The van der Waals surface area contributed by atoms with Crippen molar-refractivity contribution < 1.29 is 25.3 Å². The van der Waals surface area contributed by atoms with Crippen molar-refractivity contribution in [2.45, 2.75) is 122 Å². The first-order chi connectivity index (χ1) is 23.7. The van der Waals surface area contributed by atoms with Gasteiger partial charge in [-0.2, -0.15) is 13.9 Å². The molecule has 5 fully saturated rings.